The molecule has 0 unspecified atom stereocenters. The second-order valence-electron chi connectivity index (χ2n) is 5.74. The number of methoxy groups -OCH3 is 2. The Morgan fingerprint density at radius 3 is 2.59 bits per heavy atom. The van der Waals surface area contributed by atoms with Gasteiger partial charge in [0.05, 0.1) is 24.7 Å². The fourth-order valence-electron chi connectivity index (χ4n) is 2.65. The van der Waals surface area contributed by atoms with Gasteiger partial charge in [-0.1, -0.05) is 18.2 Å². The molecule has 0 spiro atoms. The summed E-state index contributed by atoms with van der Waals surface area (Å²) in [5.74, 6) is 0.184. The normalized spacial score (nSPS) is 10.4. The quantitative estimate of drug-likeness (QED) is 0.404. The number of aromatic nitrogens is 1. The van der Waals surface area contributed by atoms with Crippen molar-refractivity contribution in [2.45, 2.75) is 6.54 Å². The van der Waals surface area contributed by atoms with Crippen molar-refractivity contribution < 1.29 is 19.2 Å². The number of pyridine rings is 1. The van der Waals surface area contributed by atoms with Crippen molar-refractivity contribution in [2.24, 2.45) is 0 Å². The molecule has 0 fully saturated rings. The van der Waals surface area contributed by atoms with E-state index in [-0.39, 0.29) is 17.1 Å². The Kier molecular flexibility index (Phi) is 5.16. The zero-order chi connectivity index (χ0) is 19.4. The second-order valence-corrected chi connectivity index (χ2v) is 5.74. The number of nitro groups is 1. The van der Waals surface area contributed by atoms with Gasteiger partial charge in [0.2, 0.25) is 5.82 Å². The standard InChI is InChI=1S/C19H17N3O5/c1-26-16-6-5-13-7-12(3-4-14(13)8-16)10-20-18-17(22(24)25)9-15(11-21-18)19(23)27-2/h3-9,11H,10H2,1-2H3,(H,20,21). The van der Waals surface area contributed by atoms with Gasteiger partial charge in [-0.15, -0.1) is 0 Å². The van der Waals surface area contributed by atoms with Crippen LogP contribution in [-0.4, -0.2) is 30.1 Å². The van der Waals surface area contributed by atoms with Crippen molar-refractivity contribution in [1.29, 1.82) is 0 Å². The minimum atomic E-state index is -0.679. The maximum absolute atomic E-state index is 11.5. The maximum atomic E-state index is 11.5. The van der Waals surface area contributed by atoms with Crippen molar-refractivity contribution in [2.75, 3.05) is 19.5 Å². The summed E-state index contributed by atoms with van der Waals surface area (Å²) in [6.45, 7) is 0.341. The van der Waals surface area contributed by atoms with Gasteiger partial charge >= 0.3 is 11.7 Å². The second kappa shape index (κ2) is 7.69. The summed E-state index contributed by atoms with van der Waals surface area (Å²) in [4.78, 5) is 26.2. The summed E-state index contributed by atoms with van der Waals surface area (Å²) in [6.07, 6.45) is 1.24. The third-order valence-electron chi connectivity index (χ3n) is 4.06. The molecular weight excluding hydrogens is 350 g/mol. The van der Waals surface area contributed by atoms with Crippen LogP contribution in [0.3, 0.4) is 0 Å². The Morgan fingerprint density at radius 2 is 1.89 bits per heavy atom. The van der Waals surface area contributed by atoms with Gasteiger partial charge in [-0.2, -0.15) is 0 Å². The highest BCUT2D eigenvalue weighted by Crippen LogP contribution is 2.25. The van der Waals surface area contributed by atoms with E-state index in [0.717, 1.165) is 28.2 Å². The molecule has 0 aliphatic rings. The first kappa shape index (κ1) is 18.1. The number of hydrogen-bond acceptors (Lipinski definition) is 7. The topological polar surface area (TPSA) is 104 Å². The molecule has 0 aliphatic heterocycles. The monoisotopic (exact) mass is 367 g/mol. The summed E-state index contributed by atoms with van der Waals surface area (Å²) in [6, 6.07) is 12.8. The minimum absolute atomic E-state index is 0.0226. The number of hydrogen-bond donors (Lipinski definition) is 1. The van der Waals surface area contributed by atoms with Crippen LogP contribution >= 0.6 is 0 Å². The maximum Gasteiger partial charge on any atom is 0.339 e. The summed E-state index contributed by atoms with van der Waals surface area (Å²) >= 11 is 0. The van der Waals surface area contributed by atoms with Crippen LogP contribution < -0.4 is 10.1 Å². The first-order valence-electron chi connectivity index (χ1n) is 8.05. The molecule has 0 amide bonds. The summed E-state index contributed by atoms with van der Waals surface area (Å²) in [7, 11) is 2.82. The highest BCUT2D eigenvalue weighted by Gasteiger charge is 2.19. The molecule has 1 aromatic heterocycles. The van der Waals surface area contributed by atoms with Gasteiger partial charge in [0.1, 0.15) is 5.75 Å². The number of rotatable bonds is 6. The molecule has 27 heavy (non-hydrogen) atoms. The summed E-state index contributed by atoms with van der Waals surface area (Å²) in [5.41, 5.74) is 0.665. The van der Waals surface area contributed by atoms with Crippen LogP contribution in [0.5, 0.6) is 5.75 Å². The van der Waals surface area contributed by atoms with Crippen LogP contribution in [0.2, 0.25) is 0 Å². The lowest BCUT2D eigenvalue weighted by atomic mass is 10.1. The van der Waals surface area contributed by atoms with E-state index in [0.29, 0.717) is 6.54 Å². The van der Waals surface area contributed by atoms with Crippen LogP contribution in [0.15, 0.2) is 48.7 Å². The van der Waals surface area contributed by atoms with E-state index in [1.165, 1.54) is 13.3 Å². The van der Waals surface area contributed by atoms with E-state index in [9.17, 15) is 14.9 Å². The predicted octanol–water partition coefficient (Wildman–Crippen LogP) is 3.55. The van der Waals surface area contributed by atoms with Gasteiger partial charge in [-0.3, -0.25) is 10.1 Å². The van der Waals surface area contributed by atoms with Gasteiger partial charge in [0.25, 0.3) is 0 Å². The molecule has 3 aromatic rings. The van der Waals surface area contributed by atoms with Crippen molar-refractivity contribution in [3.63, 3.8) is 0 Å². The lowest BCUT2D eigenvalue weighted by Crippen LogP contribution is -2.08. The van der Waals surface area contributed by atoms with Crippen LogP contribution in [-0.2, 0) is 11.3 Å². The van der Waals surface area contributed by atoms with Crippen LogP contribution in [0.4, 0.5) is 11.5 Å². The number of nitrogens with one attached hydrogen (secondary N) is 1. The fraction of sp³-hybridized carbons (Fsp3) is 0.158. The highest BCUT2D eigenvalue weighted by atomic mass is 16.6. The number of esters is 1. The number of fused-ring (bicyclic) bond motifs is 1. The van der Waals surface area contributed by atoms with Crippen molar-refractivity contribution in [3.05, 3.63) is 69.9 Å². The van der Waals surface area contributed by atoms with Crippen molar-refractivity contribution >= 4 is 28.2 Å². The van der Waals surface area contributed by atoms with E-state index in [1.807, 2.05) is 36.4 Å². The molecule has 0 saturated carbocycles. The number of benzene rings is 2. The third-order valence-corrected chi connectivity index (χ3v) is 4.06. The predicted molar refractivity (Wildman–Crippen MR) is 100 cm³/mol. The van der Waals surface area contributed by atoms with Gasteiger partial charge in [0, 0.05) is 18.8 Å². The van der Waals surface area contributed by atoms with E-state index >= 15 is 0 Å². The number of nitrogens with zero attached hydrogens (tertiary/aromatic N) is 2. The molecule has 0 saturated heterocycles. The lowest BCUT2D eigenvalue weighted by Gasteiger charge is -2.09. The highest BCUT2D eigenvalue weighted by molar-refractivity contribution is 5.90. The molecule has 8 heteroatoms. The molecular formula is C19H17N3O5. The third kappa shape index (κ3) is 3.95. The summed E-state index contributed by atoms with van der Waals surface area (Å²) in [5, 5.41) is 16.3. The number of anilines is 1. The Balaban J connectivity index is 1.82. The number of carbonyl (C=O) groups excluding carboxylic acids is 1. The molecule has 0 aliphatic carbocycles. The molecule has 8 nitrogen and oxygen atoms in total. The minimum Gasteiger partial charge on any atom is -0.497 e. The molecule has 0 atom stereocenters. The van der Waals surface area contributed by atoms with E-state index in [2.05, 4.69) is 15.0 Å². The first-order valence-corrected chi connectivity index (χ1v) is 8.05. The molecule has 0 bridgehead atoms. The Hall–Kier alpha value is -3.68. The SMILES string of the molecule is COC(=O)c1cnc(NCc2ccc3cc(OC)ccc3c2)c([N+](=O)[O-])c1. The van der Waals surface area contributed by atoms with E-state index in [1.54, 1.807) is 7.11 Å². The van der Waals surface area contributed by atoms with Crippen molar-refractivity contribution in [3.8, 4) is 5.75 Å². The fourth-order valence-corrected chi connectivity index (χ4v) is 2.65. The van der Waals surface area contributed by atoms with Crippen molar-refractivity contribution in [1.82, 2.24) is 4.98 Å². The first-order chi connectivity index (χ1) is 13.0. The van der Waals surface area contributed by atoms with Crippen LogP contribution in [0.25, 0.3) is 10.8 Å². The number of carbonyl (C=O) groups is 1. The van der Waals surface area contributed by atoms with E-state index < -0.39 is 10.9 Å². The van der Waals surface area contributed by atoms with Crippen LogP contribution in [0, 0.1) is 10.1 Å². The van der Waals surface area contributed by atoms with Gasteiger partial charge in [-0.25, -0.2) is 9.78 Å². The van der Waals surface area contributed by atoms with E-state index in [4.69, 9.17) is 4.74 Å². The average molecular weight is 367 g/mol. The summed E-state index contributed by atoms with van der Waals surface area (Å²) < 4.78 is 9.78. The molecule has 1 N–H and O–H groups in total. The zero-order valence-electron chi connectivity index (χ0n) is 14.8. The molecule has 0 radical (unpaired) electrons. The average Bonchev–Trinajstić information content (AvgIpc) is 2.70. The van der Waals surface area contributed by atoms with Gasteiger partial charge < -0.3 is 14.8 Å². The van der Waals surface area contributed by atoms with Gasteiger partial charge in [-0.05, 0) is 34.5 Å². The van der Waals surface area contributed by atoms with Gasteiger partial charge in [0.15, 0.2) is 0 Å². The lowest BCUT2D eigenvalue weighted by molar-refractivity contribution is -0.384. The molecule has 1 heterocycles. The molecule has 3 rings (SSSR count). The zero-order valence-corrected chi connectivity index (χ0v) is 14.8. The smallest absolute Gasteiger partial charge is 0.339 e. The molecule has 138 valence electrons. The Bertz CT molecular complexity index is 1020. The van der Waals surface area contributed by atoms with Crippen LogP contribution in [0.1, 0.15) is 15.9 Å². The largest absolute Gasteiger partial charge is 0.497 e. The Labute approximate surface area is 154 Å². The number of ether oxygens (including phenoxy) is 2. The Morgan fingerprint density at radius 1 is 1.15 bits per heavy atom. The molecule has 2 aromatic carbocycles.